The van der Waals surface area contributed by atoms with Crippen molar-refractivity contribution in [2.24, 2.45) is 0 Å². The van der Waals surface area contributed by atoms with E-state index in [0.717, 1.165) is 0 Å². The van der Waals surface area contributed by atoms with Gasteiger partial charge in [-0.1, -0.05) is 13.0 Å². The maximum atomic E-state index is 11.1. The Hall–Kier alpha value is -2.11. The summed E-state index contributed by atoms with van der Waals surface area (Å²) in [6.45, 7) is 4.08. The van der Waals surface area contributed by atoms with Gasteiger partial charge in [-0.05, 0) is 19.4 Å². The number of hydrogen-bond acceptors (Lipinski definition) is 4. The van der Waals surface area contributed by atoms with E-state index >= 15 is 0 Å². The monoisotopic (exact) mass is 252 g/mol. The third-order valence-corrected chi connectivity index (χ3v) is 2.76. The number of rotatable bonds is 6. The van der Waals surface area contributed by atoms with E-state index in [1.807, 2.05) is 6.92 Å². The molecule has 0 radical (unpaired) electrons. The number of nitro groups is 1. The molecule has 1 N–H and O–H groups in total. The molecule has 0 aliphatic rings. The summed E-state index contributed by atoms with van der Waals surface area (Å²) in [5.41, 5.74) is 0.521. The van der Waals surface area contributed by atoms with E-state index in [1.54, 1.807) is 24.0 Å². The van der Waals surface area contributed by atoms with Crippen LogP contribution in [0.2, 0.25) is 0 Å². The number of hydrogen-bond donors (Lipinski definition) is 1. The second-order valence-corrected chi connectivity index (χ2v) is 3.83. The summed E-state index contributed by atoms with van der Waals surface area (Å²) in [6.07, 6.45) is 0.436. The summed E-state index contributed by atoms with van der Waals surface area (Å²) in [6, 6.07) is 5.36. The Morgan fingerprint density at radius 1 is 1.50 bits per heavy atom. The number of nitro benzene ring substituents is 1. The van der Waals surface area contributed by atoms with Crippen molar-refractivity contribution in [2.45, 2.75) is 26.3 Å². The first kappa shape index (κ1) is 14.0. The third-order valence-electron chi connectivity index (χ3n) is 2.76. The van der Waals surface area contributed by atoms with Crippen molar-refractivity contribution < 1.29 is 14.8 Å². The Morgan fingerprint density at radius 2 is 2.17 bits per heavy atom. The fourth-order valence-electron chi connectivity index (χ4n) is 1.90. The van der Waals surface area contributed by atoms with E-state index in [2.05, 4.69) is 0 Å². The lowest BCUT2D eigenvalue weighted by atomic mass is 10.1. The minimum atomic E-state index is -0.925. The van der Waals surface area contributed by atoms with Gasteiger partial charge in [0.1, 0.15) is 6.04 Å². The van der Waals surface area contributed by atoms with Crippen molar-refractivity contribution in [3.63, 3.8) is 0 Å². The quantitative estimate of drug-likeness (QED) is 0.620. The van der Waals surface area contributed by atoms with Gasteiger partial charge in [-0.25, -0.2) is 4.79 Å². The molecule has 0 bridgehead atoms. The number of carbonyl (C=O) groups is 1. The molecule has 1 atom stereocenters. The summed E-state index contributed by atoms with van der Waals surface area (Å²) in [5.74, 6) is -0.925. The topological polar surface area (TPSA) is 83.7 Å². The van der Waals surface area contributed by atoms with Crippen molar-refractivity contribution in [3.8, 4) is 0 Å². The zero-order valence-electron chi connectivity index (χ0n) is 10.4. The van der Waals surface area contributed by atoms with Gasteiger partial charge in [0.25, 0.3) is 5.69 Å². The fourth-order valence-corrected chi connectivity index (χ4v) is 1.90. The Morgan fingerprint density at radius 3 is 2.61 bits per heavy atom. The van der Waals surface area contributed by atoms with Gasteiger partial charge >= 0.3 is 5.97 Å². The highest BCUT2D eigenvalue weighted by Gasteiger charge is 2.23. The van der Waals surface area contributed by atoms with Gasteiger partial charge in [0, 0.05) is 24.4 Å². The standard InChI is InChI=1S/C12H16N2O4/c1-3-11(12(15)16)13(4-2)9-6-5-7-10(8-9)14(17)18/h5-8,11H,3-4H2,1-2H3,(H,15,16)/t11-/m0/s1. The maximum absolute atomic E-state index is 11.1. The highest BCUT2D eigenvalue weighted by Crippen LogP contribution is 2.23. The molecule has 1 aromatic rings. The molecule has 18 heavy (non-hydrogen) atoms. The van der Waals surface area contributed by atoms with Crippen molar-refractivity contribution in [1.82, 2.24) is 0 Å². The van der Waals surface area contributed by atoms with Crippen molar-refractivity contribution in [3.05, 3.63) is 34.4 Å². The molecule has 0 spiro atoms. The minimum absolute atomic E-state index is 0.0359. The van der Waals surface area contributed by atoms with Crippen molar-refractivity contribution >= 4 is 17.3 Å². The van der Waals surface area contributed by atoms with Gasteiger partial charge in [-0.3, -0.25) is 10.1 Å². The molecule has 98 valence electrons. The summed E-state index contributed by atoms with van der Waals surface area (Å²) < 4.78 is 0. The number of aliphatic carboxylic acids is 1. The van der Waals surface area contributed by atoms with Crippen LogP contribution in [0.4, 0.5) is 11.4 Å². The first-order chi connectivity index (χ1) is 8.51. The molecule has 0 aliphatic carbocycles. The Balaban J connectivity index is 3.11. The van der Waals surface area contributed by atoms with Crippen LogP contribution in [0, 0.1) is 10.1 Å². The fraction of sp³-hybridized carbons (Fsp3) is 0.417. The number of nitrogens with zero attached hydrogens (tertiary/aromatic N) is 2. The Bertz CT molecular complexity index is 447. The van der Waals surface area contributed by atoms with Gasteiger partial charge in [0.05, 0.1) is 4.92 Å². The average molecular weight is 252 g/mol. The first-order valence-corrected chi connectivity index (χ1v) is 5.75. The maximum Gasteiger partial charge on any atom is 0.326 e. The van der Waals surface area contributed by atoms with Crippen LogP contribution in [0.25, 0.3) is 0 Å². The van der Waals surface area contributed by atoms with E-state index in [0.29, 0.717) is 18.7 Å². The summed E-state index contributed by atoms with van der Waals surface area (Å²) >= 11 is 0. The number of benzene rings is 1. The Kier molecular flexibility index (Phi) is 4.65. The largest absolute Gasteiger partial charge is 0.480 e. The van der Waals surface area contributed by atoms with Crippen LogP contribution in [-0.4, -0.2) is 28.6 Å². The smallest absolute Gasteiger partial charge is 0.326 e. The summed E-state index contributed by atoms with van der Waals surface area (Å²) in [5, 5.41) is 19.8. The van der Waals surface area contributed by atoms with Crippen LogP contribution in [0.5, 0.6) is 0 Å². The normalized spacial score (nSPS) is 11.9. The number of non-ortho nitro benzene ring substituents is 1. The van der Waals surface area contributed by atoms with E-state index in [4.69, 9.17) is 5.11 Å². The number of carboxylic acid groups (broad SMARTS) is 1. The molecule has 0 saturated carbocycles. The predicted octanol–water partition coefficient (Wildman–Crippen LogP) is 2.28. The van der Waals surface area contributed by atoms with Crippen LogP contribution in [0.1, 0.15) is 20.3 Å². The molecule has 0 aliphatic heterocycles. The van der Waals surface area contributed by atoms with E-state index < -0.39 is 16.9 Å². The molecular formula is C12H16N2O4. The zero-order chi connectivity index (χ0) is 13.7. The van der Waals surface area contributed by atoms with E-state index in [-0.39, 0.29) is 5.69 Å². The third kappa shape index (κ3) is 2.97. The molecule has 6 nitrogen and oxygen atoms in total. The lowest BCUT2D eigenvalue weighted by Gasteiger charge is -2.28. The molecule has 1 aromatic carbocycles. The Labute approximate surface area is 105 Å². The van der Waals surface area contributed by atoms with Crippen LogP contribution in [0.15, 0.2) is 24.3 Å². The summed E-state index contributed by atoms with van der Waals surface area (Å²) in [4.78, 5) is 23.0. The second kappa shape index (κ2) is 6.00. The highest BCUT2D eigenvalue weighted by atomic mass is 16.6. The van der Waals surface area contributed by atoms with Crippen LogP contribution in [0.3, 0.4) is 0 Å². The average Bonchev–Trinajstić information content (AvgIpc) is 2.35. The molecule has 0 heterocycles. The molecule has 6 heteroatoms. The number of carboxylic acids is 1. The zero-order valence-corrected chi connectivity index (χ0v) is 10.4. The molecule has 0 aromatic heterocycles. The van der Waals surface area contributed by atoms with Gasteiger partial charge in [0.2, 0.25) is 0 Å². The molecule has 0 unspecified atom stereocenters. The lowest BCUT2D eigenvalue weighted by molar-refractivity contribution is -0.384. The first-order valence-electron chi connectivity index (χ1n) is 5.75. The van der Waals surface area contributed by atoms with Crippen molar-refractivity contribution in [1.29, 1.82) is 0 Å². The van der Waals surface area contributed by atoms with Crippen LogP contribution >= 0.6 is 0 Å². The van der Waals surface area contributed by atoms with Crippen LogP contribution < -0.4 is 4.90 Å². The molecule has 0 amide bonds. The second-order valence-electron chi connectivity index (χ2n) is 3.83. The minimum Gasteiger partial charge on any atom is -0.480 e. The molecular weight excluding hydrogens is 236 g/mol. The SMILES string of the molecule is CC[C@@H](C(=O)O)N(CC)c1cccc([N+](=O)[O-])c1. The molecule has 0 saturated heterocycles. The number of likely N-dealkylation sites (N-methyl/N-ethyl adjacent to an activating group) is 1. The van der Waals surface area contributed by atoms with Gasteiger partial charge in [0.15, 0.2) is 0 Å². The van der Waals surface area contributed by atoms with Gasteiger partial charge < -0.3 is 10.0 Å². The highest BCUT2D eigenvalue weighted by molar-refractivity contribution is 5.78. The summed E-state index contributed by atoms with van der Waals surface area (Å²) in [7, 11) is 0. The van der Waals surface area contributed by atoms with Crippen molar-refractivity contribution in [2.75, 3.05) is 11.4 Å². The van der Waals surface area contributed by atoms with Crippen LogP contribution in [-0.2, 0) is 4.79 Å². The van der Waals surface area contributed by atoms with Gasteiger partial charge in [-0.2, -0.15) is 0 Å². The van der Waals surface area contributed by atoms with E-state index in [9.17, 15) is 14.9 Å². The lowest BCUT2D eigenvalue weighted by Crippen LogP contribution is -2.40. The molecule has 0 fully saturated rings. The molecule has 1 rings (SSSR count). The number of anilines is 1. The van der Waals surface area contributed by atoms with Gasteiger partial charge in [-0.15, -0.1) is 0 Å². The van der Waals surface area contributed by atoms with E-state index in [1.165, 1.54) is 12.1 Å². The predicted molar refractivity (Wildman–Crippen MR) is 67.8 cm³/mol.